The summed E-state index contributed by atoms with van der Waals surface area (Å²) in [6, 6.07) is 19.9. The van der Waals surface area contributed by atoms with Crippen LogP contribution in [0.3, 0.4) is 0 Å². The van der Waals surface area contributed by atoms with Crippen molar-refractivity contribution in [1.29, 1.82) is 0 Å². The van der Waals surface area contributed by atoms with E-state index in [9.17, 15) is 0 Å². The normalized spacial score (nSPS) is 11.3. The highest BCUT2D eigenvalue weighted by Crippen LogP contribution is 2.42. The van der Waals surface area contributed by atoms with Gasteiger partial charge in [-0.1, -0.05) is 68.4 Å². The predicted octanol–water partition coefficient (Wildman–Crippen LogP) is 6.20. The van der Waals surface area contributed by atoms with Gasteiger partial charge < -0.3 is 0 Å². The molecule has 0 nitrogen and oxygen atoms in total. The van der Waals surface area contributed by atoms with Gasteiger partial charge in [0.2, 0.25) is 0 Å². The fraction of sp³-hybridized carbons (Fsp3) is 0.238. The molecule has 0 fully saturated rings. The molecule has 0 aromatic heterocycles. The molecule has 0 heteroatoms. The van der Waals surface area contributed by atoms with Crippen molar-refractivity contribution in [2.45, 2.75) is 33.6 Å². The van der Waals surface area contributed by atoms with E-state index in [1.807, 2.05) is 0 Å². The molecule has 21 heavy (non-hydrogen) atoms. The van der Waals surface area contributed by atoms with Gasteiger partial charge in [0.15, 0.2) is 0 Å². The molecule has 0 amide bonds. The van der Waals surface area contributed by atoms with Crippen LogP contribution in [0.5, 0.6) is 0 Å². The third-order valence-corrected chi connectivity index (χ3v) is 4.52. The SMILES string of the molecule is Cc1c2ccc(C(C)C)ccc-2c(-c2ccccc2)c1C. The average Bonchev–Trinajstić information content (AvgIpc) is 2.65. The molecule has 0 bridgehead atoms. The van der Waals surface area contributed by atoms with Crippen molar-refractivity contribution in [3.8, 4) is 22.3 Å². The second kappa shape index (κ2) is 5.37. The molecule has 2 aliphatic rings. The van der Waals surface area contributed by atoms with Crippen LogP contribution in [0.15, 0.2) is 54.6 Å². The molecule has 0 spiro atoms. The van der Waals surface area contributed by atoms with Gasteiger partial charge in [0, 0.05) is 0 Å². The Hall–Kier alpha value is -2.08. The minimum atomic E-state index is 0.558. The monoisotopic (exact) mass is 274 g/mol. The smallest absolute Gasteiger partial charge is 0.00732 e. The fourth-order valence-corrected chi connectivity index (χ4v) is 3.09. The van der Waals surface area contributed by atoms with E-state index >= 15 is 0 Å². The molecule has 0 saturated heterocycles. The Morgan fingerprint density at radius 3 is 1.90 bits per heavy atom. The van der Waals surface area contributed by atoms with E-state index in [2.05, 4.69) is 82.3 Å². The molecule has 0 radical (unpaired) electrons. The molecule has 1 aromatic carbocycles. The Kier molecular flexibility index (Phi) is 3.55. The highest BCUT2D eigenvalue weighted by Gasteiger charge is 2.18. The lowest BCUT2D eigenvalue weighted by Crippen LogP contribution is -1.82. The third-order valence-electron chi connectivity index (χ3n) is 4.52. The zero-order chi connectivity index (χ0) is 15.0. The van der Waals surface area contributed by atoms with Crippen LogP contribution in [0, 0.1) is 13.8 Å². The van der Waals surface area contributed by atoms with E-state index in [0.29, 0.717) is 5.92 Å². The van der Waals surface area contributed by atoms with E-state index in [-0.39, 0.29) is 0 Å². The van der Waals surface area contributed by atoms with Crippen molar-refractivity contribution in [2.75, 3.05) is 0 Å². The second-order valence-corrected chi connectivity index (χ2v) is 6.14. The first kappa shape index (κ1) is 13.9. The predicted molar refractivity (Wildman–Crippen MR) is 92.1 cm³/mol. The van der Waals surface area contributed by atoms with Crippen molar-refractivity contribution < 1.29 is 0 Å². The van der Waals surface area contributed by atoms with Gasteiger partial charge in [-0.2, -0.15) is 0 Å². The molecule has 2 aliphatic carbocycles. The lowest BCUT2D eigenvalue weighted by molar-refractivity contribution is 0.868. The lowest BCUT2D eigenvalue weighted by Gasteiger charge is -2.04. The molecule has 0 saturated carbocycles. The maximum atomic E-state index is 2.30. The summed E-state index contributed by atoms with van der Waals surface area (Å²) in [5.74, 6) is 0.558. The van der Waals surface area contributed by atoms with Gasteiger partial charge in [0.05, 0.1) is 0 Å². The largest absolute Gasteiger partial charge is 0.0622 e. The molecule has 3 rings (SSSR count). The van der Waals surface area contributed by atoms with Crippen LogP contribution in [-0.2, 0) is 0 Å². The van der Waals surface area contributed by atoms with Crippen LogP contribution in [0.1, 0.15) is 36.5 Å². The molecular weight excluding hydrogens is 252 g/mol. The fourth-order valence-electron chi connectivity index (χ4n) is 3.09. The number of hydrogen-bond donors (Lipinski definition) is 0. The molecular formula is C21H22. The van der Waals surface area contributed by atoms with E-state index < -0.39 is 0 Å². The third kappa shape index (κ3) is 2.35. The van der Waals surface area contributed by atoms with Crippen molar-refractivity contribution in [3.63, 3.8) is 0 Å². The Morgan fingerprint density at radius 2 is 1.29 bits per heavy atom. The molecule has 0 heterocycles. The van der Waals surface area contributed by atoms with Gasteiger partial charge in [-0.15, -0.1) is 0 Å². The number of benzene rings is 1. The summed E-state index contributed by atoms with van der Waals surface area (Å²) in [5, 5.41) is 0. The first-order valence-electron chi connectivity index (χ1n) is 7.68. The summed E-state index contributed by atoms with van der Waals surface area (Å²) in [5.41, 5.74) is 9.62. The van der Waals surface area contributed by atoms with Gasteiger partial charge in [-0.3, -0.25) is 0 Å². The molecule has 0 atom stereocenters. The summed E-state index contributed by atoms with van der Waals surface area (Å²) in [6.07, 6.45) is 0. The van der Waals surface area contributed by atoms with Gasteiger partial charge in [-0.25, -0.2) is 0 Å². The van der Waals surface area contributed by atoms with E-state index in [4.69, 9.17) is 0 Å². The first-order valence-corrected chi connectivity index (χ1v) is 7.68. The zero-order valence-electron chi connectivity index (χ0n) is 13.3. The summed E-state index contributed by atoms with van der Waals surface area (Å²) in [6.45, 7) is 8.96. The number of rotatable bonds is 2. The lowest BCUT2D eigenvalue weighted by atomic mass is 10.0. The minimum absolute atomic E-state index is 0.558. The maximum Gasteiger partial charge on any atom is -0.00732 e. The van der Waals surface area contributed by atoms with Crippen molar-refractivity contribution >= 4 is 0 Å². The number of fused-ring (bicyclic) bond motifs is 1. The highest BCUT2D eigenvalue weighted by molar-refractivity contribution is 5.91. The Morgan fingerprint density at radius 1 is 0.667 bits per heavy atom. The summed E-state index contributed by atoms with van der Waals surface area (Å²) < 4.78 is 0. The standard InChI is InChI=1S/C21H22/c1-14(2)17-10-12-19-15(3)16(4)21(20(19)13-11-17)18-8-6-5-7-9-18/h5-14H,1-4H3. The summed E-state index contributed by atoms with van der Waals surface area (Å²) >= 11 is 0. The van der Waals surface area contributed by atoms with Crippen molar-refractivity contribution in [3.05, 3.63) is 71.3 Å². The second-order valence-electron chi connectivity index (χ2n) is 6.14. The molecule has 0 N–H and O–H groups in total. The van der Waals surface area contributed by atoms with Crippen LogP contribution >= 0.6 is 0 Å². The molecule has 0 unspecified atom stereocenters. The first-order chi connectivity index (χ1) is 10.1. The van der Waals surface area contributed by atoms with E-state index in [1.165, 1.54) is 38.9 Å². The quantitative estimate of drug-likeness (QED) is 0.522. The van der Waals surface area contributed by atoms with Crippen LogP contribution in [0.4, 0.5) is 0 Å². The van der Waals surface area contributed by atoms with E-state index in [0.717, 1.165) is 0 Å². The topological polar surface area (TPSA) is 0 Å². The Balaban J connectivity index is 2.29. The van der Waals surface area contributed by atoms with Crippen LogP contribution < -0.4 is 0 Å². The van der Waals surface area contributed by atoms with E-state index in [1.54, 1.807) is 0 Å². The van der Waals surface area contributed by atoms with Gasteiger partial charge in [0.1, 0.15) is 0 Å². The molecule has 106 valence electrons. The summed E-state index contributed by atoms with van der Waals surface area (Å²) in [7, 11) is 0. The van der Waals surface area contributed by atoms with Crippen molar-refractivity contribution in [2.24, 2.45) is 0 Å². The minimum Gasteiger partial charge on any atom is -0.0622 e. The Labute approximate surface area is 127 Å². The molecule has 0 aliphatic heterocycles. The number of hydrogen-bond acceptors (Lipinski definition) is 0. The van der Waals surface area contributed by atoms with Crippen LogP contribution in [0.2, 0.25) is 0 Å². The Bertz CT molecular complexity index is 736. The highest BCUT2D eigenvalue weighted by atomic mass is 14.2. The van der Waals surface area contributed by atoms with Gasteiger partial charge >= 0.3 is 0 Å². The van der Waals surface area contributed by atoms with Gasteiger partial charge in [-0.05, 0) is 58.7 Å². The molecule has 1 aromatic rings. The zero-order valence-corrected chi connectivity index (χ0v) is 13.3. The van der Waals surface area contributed by atoms with Gasteiger partial charge in [0.25, 0.3) is 0 Å². The maximum absolute atomic E-state index is 2.30. The van der Waals surface area contributed by atoms with Crippen LogP contribution in [0.25, 0.3) is 22.3 Å². The van der Waals surface area contributed by atoms with Crippen LogP contribution in [-0.4, -0.2) is 0 Å². The summed E-state index contributed by atoms with van der Waals surface area (Å²) in [4.78, 5) is 0. The average molecular weight is 274 g/mol. The van der Waals surface area contributed by atoms with Crippen molar-refractivity contribution in [1.82, 2.24) is 0 Å².